The Hall–Kier alpha value is -3.08. The van der Waals surface area contributed by atoms with Crippen LogP contribution in [-0.2, 0) is 11.2 Å². The molecule has 0 saturated heterocycles. The highest BCUT2D eigenvalue weighted by molar-refractivity contribution is 6.06. The molecule has 0 saturated carbocycles. The molecule has 26 heavy (non-hydrogen) atoms. The van der Waals surface area contributed by atoms with Gasteiger partial charge in [0.15, 0.2) is 0 Å². The van der Waals surface area contributed by atoms with Crippen LogP contribution in [0.15, 0.2) is 36.4 Å². The second-order valence-electron chi connectivity index (χ2n) is 6.94. The van der Waals surface area contributed by atoms with E-state index in [0.717, 1.165) is 45.4 Å². The van der Waals surface area contributed by atoms with Gasteiger partial charge >= 0.3 is 0 Å². The molecule has 0 radical (unpaired) electrons. The maximum Gasteiger partial charge on any atom is 0.272 e. The molecule has 4 rings (SSSR count). The number of hydrogen-bond donors (Lipinski definition) is 2. The fraction of sp³-hybridized carbons (Fsp3) is 0.238. The molecule has 3 aromatic rings. The molecular weight excluding hydrogens is 326 g/mol. The number of benzene rings is 2. The van der Waals surface area contributed by atoms with Crippen molar-refractivity contribution in [2.24, 2.45) is 0 Å². The van der Waals surface area contributed by atoms with Crippen molar-refractivity contribution >= 4 is 34.1 Å². The molecule has 2 aromatic carbocycles. The van der Waals surface area contributed by atoms with E-state index in [-0.39, 0.29) is 11.8 Å². The number of amides is 2. The number of carbonyl (C=O) groups excluding carboxylic acids is 2. The molecule has 5 nitrogen and oxygen atoms in total. The summed E-state index contributed by atoms with van der Waals surface area (Å²) in [4.78, 5) is 29.3. The molecule has 5 heteroatoms. The van der Waals surface area contributed by atoms with E-state index in [4.69, 9.17) is 0 Å². The molecule has 0 atom stereocenters. The summed E-state index contributed by atoms with van der Waals surface area (Å²) in [5, 5.41) is 4.02. The lowest BCUT2D eigenvalue weighted by molar-refractivity contribution is -0.116. The zero-order valence-corrected chi connectivity index (χ0v) is 15.1. The standard InChI is InChI=1S/C21H21N3O2/c1-12-8-13(2)17-11-19(23-18(17)9-12)21(26)22-16-4-5-20-15(10-16)6-7-24(20)14(3)25/h4-5,8-11,23H,6-7H2,1-3H3,(H,22,26). The molecular formula is C21H21N3O2. The van der Waals surface area contributed by atoms with Crippen LogP contribution in [0.2, 0.25) is 0 Å². The molecule has 0 fully saturated rings. The summed E-state index contributed by atoms with van der Waals surface area (Å²) in [5.74, 6) is -0.121. The third kappa shape index (κ3) is 2.75. The number of rotatable bonds is 2. The Morgan fingerprint density at radius 1 is 1.12 bits per heavy atom. The van der Waals surface area contributed by atoms with Gasteiger partial charge in [0.2, 0.25) is 5.91 Å². The summed E-state index contributed by atoms with van der Waals surface area (Å²) < 4.78 is 0. The minimum absolute atomic E-state index is 0.0456. The van der Waals surface area contributed by atoms with E-state index in [1.165, 1.54) is 0 Å². The molecule has 1 aliphatic heterocycles. The van der Waals surface area contributed by atoms with Gasteiger partial charge < -0.3 is 15.2 Å². The van der Waals surface area contributed by atoms with Crippen LogP contribution in [0.1, 0.15) is 34.1 Å². The topological polar surface area (TPSA) is 65.2 Å². The summed E-state index contributed by atoms with van der Waals surface area (Å²) in [7, 11) is 0. The quantitative estimate of drug-likeness (QED) is 0.737. The number of fused-ring (bicyclic) bond motifs is 2. The molecule has 2 N–H and O–H groups in total. The highest BCUT2D eigenvalue weighted by Crippen LogP contribution is 2.30. The number of aryl methyl sites for hydroxylation is 2. The second kappa shape index (κ2) is 6.02. The van der Waals surface area contributed by atoms with Crippen LogP contribution in [0, 0.1) is 13.8 Å². The van der Waals surface area contributed by atoms with E-state index in [9.17, 15) is 9.59 Å². The van der Waals surface area contributed by atoms with Crippen LogP contribution in [0.3, 0.4) is 0 Å². The summed E-state index contributed by atoms with van der Waals surface area (Å²) >= 11 is 0. The third-order valence-electron chi connectivity index (χ3n) is 4.95. The van der Waals surface area contributed by atoms with Gasteiger partial charge in [-0.3, -0.25) is 9.59 Å². The van der Waals surface area contributed by atoms with Gasteiger partial charge in [-0.1, -0.05) is 6.07 Å². The Bertz CT molecular complexity index is 1050. The van der Waals surface area contributed by atoms with Gasteiger partial charge in [0.25, 0.3) is 5.91 Å². The average Bonchev–Trinajstić information content (AvgIpc) is 3.18. The lowest BCUT2D eigenvalue weighted by Gasteiger charge is -2.15. The molecule has 2 heterocycles. The van der Waals surface area contributed by atoms with Crippen molar-refractivity contribution in [2.45, 2.75) is 27.2 Å². The highest BCUT2D eigenvalue weighted by Gasteiger charge is 2.22. The zero-order chi connectivity index (χ0) is 18.4. The molecule has 1 aliphatic rings. The lowest BCUT2D eigenvalue weighted by atomic mass is 10.1. The van der Waals surface area contributed by atoms with Gasteiger partial charge in [-0.2, -0.15) is 0 Å². The largest absolute Gasteiger partial charge is 0.351 e. The fourth-order valence-electron chi connectivity index (χ4n) is 3.73. The van der Waals surface area contributed by atoms with E-state index in [0.29, 0.717) is 12.2 Å². The third-order valence-corrected chi connectivity index (χ3v) is 4.95. The minimum atomic E-state index is -0.167. The predicted molar refractivity (Wildman–Crippen MR) is 104 cm³/mol. The summed E-state index contributed by atoms with van der Waals surface area (Å²) in [6.07, 6.45) is 0.809. The molecule has 1 aromatic heterocycles. The number of nitrogens with one attached hydrogen (secondary N) is 2. The predicted octanol–water partition coefficient (Wildman–Crippen LogP) is 3.95. The van der Waals surface area contributed by atoms with E-state index >= 15 is 0 Å². The van der Waals surface area contributed by atoms with E-state index in [1.54, 1.807) is 11.8 Å². The number of hydrogen-bond acceptors (Lipinski definition) is 2. The fourth-order valence-corrected chi connectivity index (χ4v) is 3.73. The van der Waals surface area contributed by atoms with E-state index in [2.05, 4.69) is 16.4 Å². The SMILES string of the molecule is CC(=O)N1CCc2cc(NC(=O)c3cc4c(C)cc(C)cc4[nH]3)ccc21. The maximum absolute atomic E-state index is 12.6. The number of aromatic amines is 1. The molecule has 0 aliphatic carbocycles. The zero-order valence-electron chi connectivity index (χ0n) is 15.1. The first-order valence-corrected chi connectivity index (χ1v) is 8.75. The summed E-state index contributed by atoms with van der Waals surface area (Å²) in [6, 6.07) is 11.7. The van der Waals surface area contributed by atoms with Crippen molar-refractivity contribution in [3.05, 3.63) is 58.8 Å². The van der Waals surface area contributed by atoms with Crippen molar-refractivity contribution in [1.29, 1.82) is 0 Å². The van der Waals surface area contributed by atoms with Gasteiger partial charge in [0.1, 0.15) is 5.69 Å². The van der Waals surface area contributed by atoms with Crippen LogP contribution in [0.4, 0.5) is 11.4 Å². The summed E-state index contributed by atoms with van der Waals surface area (Å²) in [6.45, 7) is 6.36. The normalized spacial score (nSPS) is 13.1. The van der Waals surface area contributed by atoms with Crippen molar-refractivity contribution in [2.75, 3.05) is 16.8 Å². The molecule has 2 amide bonds. The van der Waals surface area contributed by atoms with Crippen LogP contribution in [-0.4, -0.2) is 23.3 Å². The van der Waals surface area contributed by atoms with Gasteiger partial charge in [0, 0.05) is 35.7 Å². The Balaban J connectivity index is 1.59. The number of anilines is 2. The van der Waals surface area contributed by atoms with Gasteiger partial charge in [-0.25, -0.2) is 0 Å². The summed E-state index contributed by atoms with van der Waals surface area (Å²) in [5.41, 5.74) is 6.59. The monoisotopic (exact) mass is 347 g/mol. The molecule has 132 valence electrons. The van der Waals surface area contributed by atoms with Crippen LogP contribution in [0.5, 0.6) is 0 Å². The van der Waals surface area contributed by atoms with Crippen molar-refractivity contribution in [3.63, 3.8) is 0 Å². The maximum atomic E-state index is 12.6. The second-order valence-corrected chi connectivity index (χ2v) is 6.94. The Labute approximate surface area is 152 Å². The smallest absolute Gasteiger partial charge is 0.272 e. The highest BCUT2D eigenvalue weighted by atomic mass is 16.2. The number of carbonyl (C=O) groups is 2. The van der Waals surface area contributed by atoms with Crippen molar-refractivity contribution in [1.82, 2.24) is 4.98 Å². The van der Waals surface area contributed by atoms with Crippen molar-refractivity contribution in [3.8, 4) is 0 Å². The van der Waals surface area contributed by atoms with E-state index in [1.807, 2.05) is 44.2 Å². The van der Waals surface area contributed by atoms with Gasteiger partial charge in [-0.15, -0.1) is 0 Å². The first-order chi connectivity index (χ1) is 12.4. The van der Waals surface area contributed by atoms with Crippen molar-refractivity contribution < 1.29 is 9.59 Å². The van der Waals surface area contributed by atoms with Crippen LogP contribution >= 0.6 is 0 Å². The molecule has 0 bridgehead atoms. The number of aromatic nitrogens is 1. The van der Waals surface area contributed by atoms with Crippen LogP contribution in [0.25, 0.3) is 10.9 Å². The lowest BCUT2D eigenvalue weighted by Crippen LogP contribution is -2.25. The first-order valence-electron chi connectivity index (χ1n) is 8.75. The Morgan fingerprint density at radius 2 is 1.92 bits per heavy atom. The Morgan fingerprint density at radius 3 is 2.69 bits per heavy atom. The number of nitrogens with zero attached hydrogens (tertiary/aromatic N) is 1. The van der Waals surface area contributed by atoms with Crippen LogP contribution < -0.4 is 10.2 Å². The Kier molecular flexibility index (Phi) is 3.80. The van der Waals surface area contributed by atoms with Gasteiger partial charge in [-0.05, 0) is 67.3 Å². The molecule has 0 spiro atoms. The molecule has 0 unspecified atom stereocenters. The van der Waals surface area contributed by atoms with Gasteiger partial charge in [0.05, 0.1) is 0 Å². The minimum Gasteiger partial charge on any atom is -0.351 e. The average molecular weight is 347 g/mol. The number of H-pyrrole nitrogens is 1. The van der Waals surface area contributed by atoms with E-state index < -0.39 is 0 Å². The first kappa shape index (κ1) is 16.4.